The average Bonchev–Trinajstić information content (AvgIpc) is 3.07. The quantitative estimate of drug-likeness (QED) is 0.193. The lowest BCUT2D eigenvalue weighted by molar-refractivity contribution is -0.142. The first-order valence-electron chi connectivity index (χ1n) is 14.4. The molecule has 4 nitrogen and oxygen atoms in total. The second-order valence-electron chi connectivity index (χ2n) is 10.6. The van der Waals surface area contributed by atoms with E-state index >= 15 is 0 Å². The molecule has 43 heavy (non-hydrogen) atoms. The smallest absolute Gasteiger partial charge is 0.326 e. The molecule has 0 spiro atoms. The molecule has 6 aromatic rings. The number of nitrogens with zero attached hydrogens (tertiary/aromatic N) is 1. The van der Waals surface area contributed by atoms with Crippen LogP contribution in [0.15, 0.2) is 152 Å². The monoisotopic (exact) mass is 561 g/mol. The molecule has 0 heterocycles. The Balaban J connectivity index is 1.34. The molecule has 6 rings (SSSR count). The van der Waals surface area contributed by atoms with E-state index in [-0.39, 0.29) is 18.9 Å². The number of rotatable bonds is 9. The molecule has 6 aromatic carbocycles. The normalized spacial score (nSPS) is 11.6. The summed E-state index contributed by atoms with van der Waals surface area (Å²) < 4.78 is 0. The van der Waals surface area contributed by atoms with Crippen LogP contribution < -0.4 is 0 Å². The molecule has 0 aliphatic rings. The van der Waals surface area contributed by atoms with Crippen molar-refractivity contribution in [3.05, 3.63) is 168 Å². The fourth-order valence-electron chi connectivity index (χ4n) is 5.56. The molecule has 1 amide bonds. The molecule has 0 aliphatic heterocycles. The number of carbonyl (C=O) groups excluding carboxylic acids is 1. The molecular formula is C39H31NO3. The van der Waals surface area contributed by atoms with Crippen LogP contribution in [0.1, 0.15) is 21.5 Å². The summed E-state index contributed by atoms with van der Waals surface area (Å²) in [6.45, 7) is 0.166. The van der Waals surface area contributed by atoms with Gasteiger partial charge in [-0.3, -0.25) is 4.79 Å². The van der Waals surface area contributed by atoms with Gasteiger partial charge in [-0.2, -0.15) is 0 Å². The van der Waals surface area contributed by atoms with E-state index in [1.54, 1.807) is 12.1 Å². The lowest BCUT2D eigenvalue weighted by Crippen LogP contribution is -2.46. The summed E-state index contributed by atoms with van der Waals surface area (Å²) in [4.78, 5) is 28.5. The van der Waals surface area contributed by atoms with Crippen molar-refractivity contribution in [2.75, 3.05) is 0 Å². The lowest BCUT2D eigenvalue weighted by atomic mass is 9.98. The van der Waals surface area contributed by atoms with Gasteiger partial charge < -0.3 is 10.0 Å². The minimum Gasteiger partial charge on any atom is -0.480 e. The third-order valence-corrected chi connectivity index (χ3v) is 7.87. The predicted octanol–water partition coefficient (Wildman–Crippen LogP) is 8.51. The number of fused-ring (bicyclic) bond motifs is 1. The summed E-state index contributed by atoms with van der Waals surface area (Å²) in [5.41, 5.74) is 6.39. The van der Waals surface area contributed by atoms with Crippen LogP contribution >= 0.6 is 0 Å². The van der Waals surface area contributed by atoms with E-state index in [1.807, 2.05) is 140 Å². The van der Waals surface area contributed by atoms with Gasteiger partial charge in [0.1, 0.15) is 6.04 Å². The topological polar surface area (TPSA) is 57.6 Å². The Kier molecular flexibility index (Phi) is 8.10. The first kappa shape index (κ1) is 27.7. The summed E-state index contributed by atoms with van der Waals surface area (Å²) in [6.07, 6.45) is 0.184. The number of benzene rings is 6. The van der Waals surface area contributed by atoms with E-state index < -0.39 is 12.0 Å². The summed E-state index contributed by atoms with van der Waals surface area (Å²) in [7, 11) is 0. The molecule has 1 atom stereocenters. The third-order valence-electron chi connectivity index (χ3n) is 7.87. The van der Waals surface area contributed by atoms with E-state index in [0.29, 0.717) is 5.56 Å². The van der Waals surface area contributed by atoms with Crippen LogP contribution in [0.5, 0.6) is 0 Å². The molecule has 0 aromatic heterocycles. The van der Waals surface area contributed by atoms with Gasteiger partial charge in [0.05, 0.1) is 0 Å². The first-order chi connectivity index (χ1) is 21.1. The van der Waals surface area contributed by atoms with Gasteiger partial charge in [-0.25, -0.2) is 4.79 Å². The molecular weight excluding hydrogens is 530 g/mol. The zero-order chi connectivity index (χ0) is 29.6. The second-order valence-corrected chi connectivity index (χ2v) is 10.6. The molecule has 0 aliphatic carbocycles. The van der Waals surface area contributed by atoms with Crippen LogP contribution in [0.3, 0.4) is 0 Å². The number of hydrogen-bond acceptors (Lipinski definition) is 2. The lowest BCUT2D eigenvalue weighted by Gasteiger charge is -2.30. The van der Waals surface area contributed by atoms with Crippen molar-refractivity contribution in [3.63, 3.8) is 0 Å². The van der Waals surface area contributed by atoms with Crippen molar-refractivity contribution in [2.45, 2.75) is 19.0 Å². The van der Waals surface area contributed by atoms with Crippen molar-refractivity contribution < 1.29 is 14.7 Å². The maximum Gasteiger partial charge on any atom is 0.326 e. The van der Waals surface area contributed by atoms with Crippen LogP contribution in [-0.2, 0) is 17.8 Å². The van der Waals surface area contributed by atoms with Gasteiger partial charge in [0.15, 0.2) is 0 Å². The maximum absolute atomic E-state index is 14.2. The van der Waals surface area contributed by atoms with Crippen molar-refractivity contribution in [1.82, 2.24) is 4.90 Å². The average molecular weight is 562 g/mol. The number of carboxylic acid groups (broad SMARTS) is 1. The van der Waals surface area contributed by atoms with E-state index in [1.165, 1.54) is 4.90 Å². The Morgan fingerprint density at radius 1 is 0.558 bits per heavy atom. The van der Waals surface area contributed by atoms with Crippen LogP contribution in [-0.4, -0.2) is 27.9 Å². The van der Waals surface area contributed by atoms with Crippen molar-refractivity contribution >= 4 is 22.6 Å². The summed E-state index contributed by atoms with van der Waals surface area (Å²) in [5, 5.41) is 12.6. The highest BCUT2D eigenvalue weighted by Gasteiger charge is 2.31. The second kappa shape index (κ2) is 12.6. The minimum absolute atomic E-state index is 0.166. The fraction of sp³-hybridized carbons (Fsp3) is 0.0769. The Morgan fingerprint density at radius 3 is 1.67 bits per heavy atom. The molecule has 0 bridgehead atoms. The zero-order valence-corrected chi connectivity index (χ0v) is 23.6. The van der Waals surface area contributed by atoms with Crippen molar-refractivity contribution in [3.8, 4) is 22.3 Å². The molecule has 1 N–H and O–H groups in total. The highest BCUT2D eigenvalue weighted by molar-refractivity contribution is 5.97. The molecule has 4 heteroatoms. The van der Waals surface area contributed by atoms with Crippen LogP contribution in [0.2, 0.25) is 0 Å². The Hall–Kier alpha value is -5.48. The molecule has 1 unspecified atom stereocenters. The van der Waals surface area contributed by atoms with Gasteiger partial charge in [0.25, 0.3) is 5.91 Å². The molecule has 0 saturated carbocycles. The predicted molar refractivity (Wildman–Crippen MR) is 173 cm³/mol. The molecule has 0 radical (unpaired) electrons. The summed E-state index contributed by atoms with van der Waals surface area (Å²) >= 11 is 0. The fourth-order valence-corrected chi connectivity index (χ4v) is 5.56. The largest absolute Gasteiger partial charge is 0.480 e. The van der Waals surface area contributed by atoms with Crippen molar-refractivity contribution in [1.29, 1.82) is 0 Å². The van der Waals surface area contributed by atoms with E-state index in [0.717, 1.165) is 44.2 Å². The van der Waals surface area contributed by atoms with Gasteiger partial charge in [-0.05, 0) is 56.3 Å². The first-order valence-corrected chi connectivity index (χ1v) is 14.4. The number of amides is 1. The molecule has 0 fully saturated rings. The van der Waals surface area contributed by atoms with Crippen LogP contribution in [0.25, 0.3) is 33.0 Å². The highest BCUT2D eigenvalue weighted by Crippen LogP contribution is 2.26. The van der Waals surface area contributed by atoms with Gasteiger partial charge >= 0.3 is 5.97 Å². The van der Waals surface area contributed by atoms with Crippen LogP contribution in [0.4, 0.5) is 0 Å². The van der Waals surface area contributed by atoms with Crippen molar-refractivity contribution in [2.24, 2.45) is 0 Å². The maximum atomic E-state index is 14.2. The summed E-state index contributed by atoms with van der Waals surface area (Å²) in [6, 6.07) is 48.2. The molecule has 0 saturated heterocycles. The zero-order valence-electron chi connectivity index (χ0n) is 23.6. The minimum atomic E-state index is -1.07. The van der Waals surface area contributed by atoms with Gasteiger partial charge in [0.2, 0.25) is 0 Å². The van der Waals surface area contributed by atoms with Gasteiger partial charge in [-0.1, -0.05) is 140 Å². The number of carboxylic acids is 1. The Bertz CT molecular complexity index is 1840. The van der Waals surface area contributed by atoms with E-state index in [4.69, 9.17) is 0 Å². The highest BCUT2D eigenvalue weighted by atomic mass is 16.4. The Labute approximate surface area is 251 Å². The summed E-state index contributed by atoms with van der Waals surface area (Å²) in [5.74, 6) is -1.36. The van der Waals surface area contributed by atoms with Crippen LogP contribution in [0, 0.1) is 0 Å². The third kappa shape index (κ3) is 6.24. The van der Waals surface area contributed by atoms with E-state index in [2.05, 4.69) is 0 Å². The van der Waals surface area contributed by atoms with Gasteiger partial charge in [0, 0.05) is 18.5 Å². The number of carbonyl (C=O) groups is 2. The van der Waals surface area contributed by atoms with Gasteiger partial charge in [-0.15, -0.1) is 0 Å². The standard InChI is InChI=1S/C39H31NO3/c41-38(34-24-22-32(23-25-34)30-12-5-2-6-13-30)40(27-35-16-9-15-33-14-7-8-17-36(33)35)37(39(42)43)26-28-18-20-31(21-19-28)29-10-3-1-4-11-29/h1-25,37H,26-27H2,(H,42,43). The molecule has 210 valence electrons. The SMILES string of the molecule is O=C(O)C(Cc1ccc(-c2ccccc2)cc1)N(Cc1cccc2ccccc12)C(=O)c1ccc(-c2ccccc2)cc1. The van der Waals surface area contributed by atoms with E-state index in [9.17, 15) is 14.7 Å². The Morgan fingerprint density at radius 2 is 1.07 bits per heavy atom. The number of hydrogen-bond donors (Lipinski definition) is 1. The number of aliphatic carboxylic acids is 1.